The molecule has 1 amide bonds. The van der Waals surface area contributed by atoms with Crippen molar-refractivity contribution in [3.63, 3.8) is 0 Å². The summed E-state index contributed by atoms with van der Waals surface area (Å²) in [6.07, 6.45) is 2.30. The fourth-order valence-corrected chi connectivity index (χ4v) is 4.02. The second kappa shape index (κ2) is 10.6. The lowest BCUT2D eigenvalue weighted by Crippen LogP contribution is -2.27. The molecule has 1 aliphatic heterocycles. The van der Waals surface area contributed by atoms with Crippen molar-refractivity contribution in [2.24, 2.45) is 0 Å². The van der Waals surface area contributed by atoms with Crippen LogP contribution in [0.15, 0.2) is 48.5 Å². The van der Waals surface area contributed by atoms with Gasteiger partial charge in [0.1, 0.15) is 12.4 Å². The maximum atomic E-state index is 12.9. The molecular formula is C25H32N4O3. The second-order valence-corrected chi connectivity index (χ2v) is 8.03. The Labute approximate surface area is 189 Å². The van der Waals surface area contributed by atoms with Crippen LogP contribution < -0.4 is 10.1 Å². The molecule has 1 N–H and O–H groups in total. The van der Waals surface area contributed by atoms with Gasteiger partial charge in [-0.15, -0.1) is 0 Å². The summed E-state index contributed by atoms with van der Waals surface area (Å²) >= 11 is 0. The monoisotopic (exact) mass is 436 g/mol. The van der Waals surface area contributed by atoms with Gasteiger partial charge in [-0.1, -0.05) is 26.0 Å². The average molecular weight is 437 g/mol. The highest BCUT2D eigenvalue weighted by Gasteiger charge is 2.17. The van der Waals surface area contributed by atoms with Crippen LogP contribution in [-0.2, 0) is 11.3 Å². The summed E-state index contributed by atoms with van der Waals surface area (Å²) in [5, 5.41) is 3.01. The Kier molecular flexibility index (Phi) is 7.39. The lowest BCUT2D eigenvalue weighted by Gasteiger charge is -2.19. The average Bonchev–Trinajstić information content (AvgIpc) is 3.46. The van der Waals surface area contributed by atoms with Crippen molar-refractivity contribution in [1.29, 1.82) is 0 Å². The first kappa shape index (κ1) is 22.3. The van der Waals surface area contributed by atoms with Crippen molar-refractivity contribution in [2.45, 2.75) is 39.3 Å². The van der Waals surface area contributed by atoms with E-state index in [1.165, 1.54) is 0 Å². The third kappa shape index (κ3) is 5.29. The van der Waals surface area contributed by atoms with Gasteiger partial charge >= 0.3 is 0 Å². The Morgan fingerprint density at radius 2 is 1.97 bits per heavy atom. The number of anilines is 1. The Morgan fingerprint density at radius 3 is 2.69 bits per heavy atom. The van der Waals surface area contributed by atoms with E-state index in [9.17, 15) is 4.79 Å². The number of hydrogen-bond acceptors (Lipinski definition) is 5. The van der Waals surface area contributed by atoms with Crippen LogP contribution in [0.4, 0.5) is 5.95 Å². The summed E-state index contributed by atoms with van der Waals surface area (Å²) in [5.74, 6) is 1.13. The van der Waals surface area contributed by atoms with Crippen LogP contribution in [0.2, 0.25) is 0 Å². The molecule has 0 aliphatic carbocycles. The van der Waals surface area contributed by atoms with E-state index in [0.717, 1.165) is 62.4 Å². The minimum Gasteiger partial charge on any atom is -0.491 e. The van der Waals surface area contributed by atoms with Gasteiger partial charge in [-0.25, -0.2) is 4.98 Å². The van der Waals surface area contributed by atoms with Gasteiger partial charge < -0.3 is 18.9 Å². The Bertz CT molecular complexity index is 1020. The van der Waals surface area contributed by atoms with E-state index in [2.05, 4.69) is 33.6 Å². The first-order chi connectivity index (χ1) is 15.7. The lowest BCUT2D eigenvalue weighted by atomic mass is 10.2. The molecule has 2 heterocycles. The molecule has 0 unspecified atom stereocenters. The molecule has 0 radical (unpaired) electrons. The largest absolute Gasteiger partial charge is 0.491 e. The molecule has 7 heteroatoms. The van der Waals surface area contributed by atoms with Crippen LogP contribution >= 0.6 is 0 Å². The maximum Gasteiger partial charge on any atom is 0.257 e. The Balaban J connectivity index is 1.45. The molecule has 32 heavy (non-hydrogen) atoms. The molecule has 0 bridgehead atoms. The molecule has 1 aromatic heterocycles. The highest BCUT2D eigenvalue weighted by atomic mass is 16.5. The number of nitrogens with zero attached hydrogens (tertiary/aromatic N) is 3. The van der Waals surface area contributed by atoms with Gasteiger partial charge in [0.2, 0.25) is 5.95 Å². The number of nitrogens with one attached hydrogen (secondary N) is 1. The maximum absolute atomic E-state index is 12.9. The third-order valence-corrected chi connectivity index (χ3v) is 5.99. The highest BCUT2D eigenvalue weighted by Crippen LogP contribution is 2.21. The van der Waals surface area contributed by atoms with Crippen molar-refractivity contribution in [3.8, 4) is 5.75 Å². The highest BCUT2D eigenvalue weighted by molar-refractivity contribution is 6.04. The molecule has 0 spiro atoms. The second-order valence-electron chi connectivity index (χ2n) is 8.03. The van der Waals surface area contributed by atoms with Crippen molar-refractivity contribution in [2.75, 3.05) is 38.2 Å². The summed E-state index contributed by atoms with van der Waals surface area (Å²) in [4.78, 5) is 20.0. The van der Waals surface area contributed by atoms with Crippen molar-refractivity contribution >= 4 is 22.9 Å². The van der Waals surface area contributed by atoms with E-state index in [-0.39, 0.29) is 12.0 Å². The van der Waals surface area contributed by atoms with Gasteiger partial charge in [0.15, 0.2) is 0 Å². The first-order valence-electron chi connectivity index (χ1n) is 11.5. The Hall–Kier alpha value is -2.90. The standard InChI is InChI=1S/C25H32N4O3/c1-3-28(4-2)15-16-29-23-10-6-5-9-22(23)26-25(29)27-24(30)19-11-13-20(14-12-19)32-18-21-8-7-17-31-21/h5-6,9-14,21H,3-4,7-8,15-18H2,1-2H3,(H,26,27,30)/t21-/m1/s1. The number of carbonyl (C=O) groups excluding carboxylic acids is 1. The number of aromatic nitrogens is 2. The normalized spacial score (nSPS) is 16.0. The first-order valence-corrected chi connectivity index (χ1v) is 11.5. The zero-order valence-corrected chi connectivity index (χ0v) is 18.9. The number of amides is 1. The van der Waals surface area contributed by atoms with E-state index in [1.54, 1.807) is 12.1 Å². The van der Waals surface area contributed by atoms with Gasteiger partial charge in [-0.05, 0) is 62.3 Å². The van der Waals surface area contributed by atoms with Crippen LogP contribution in [0.3, 0.4) is 0 Å². The molecule has 0 saturated carbocycles. The van der Waals surface area contributed by atoms with Crippen molar-refractivity contribution < 1.29 is 14.3 Å². The number of likely N-dealkylation sites (N-methyl/N-ethyl adjacent to an activating group) is 1. The summed E-state index contributed by atoms with van der Waals surface area (Å²) in [6.45, 7) is 9.31. The number of imidazole rings is 1. The zero-order chi connectivity index (χ0) is 22.3. The van der Waals surface area contributed by atoms with Gasteiger partial charge in [-0.2, -0.15) is 0 Å². The summed E-state index contributed by atoms with van der Waals surface area (Å²) in [5.41, 5.74) is 2.46. The van der Waals surface area contributed by atoms with Crippen LogP contribution in [0.25, 0.3) is 11.0 Å². The van der Waals surface area contributed by atoms with Gasteiger partial charge in [0.25, 0.3) is 5.91 Å². The predicted octanol–water partition coefficient (Wildman–Crippen LogP) is 4.19. The van der Waals surface area contributed by atoms with E-state index >= 15 is 0 Å². The topological polar surface area (TPSA) is 68.6 Å². The number of benzene rings is 2. The molecule has 1 saturated heterocycles. The molecule has 1 atom stereocenters. The number of fused-ring (bicyclic) bond motifs is 1. The van der Waals surface area contributed by atoms with Crippen LogP contribution in [0.1, 0.15) is 37.0 Å². The molecule has 3 aromatic rings. The minimum atomic E-state index is -0.185. The zero-order valence-electron chi connectivity index (χ0n) is 18.9. The fourth-order valence-electron chi connectivity index (χ4n) is 4.02. The molecular weight excluding hydrogens is 404 g/mol. The minimum absolute atomic E-state index is 0.169. The molecule has 7 nitrogen and oxygen atoms in total. The summed E-state index contributed by atoms with van der Waals surface area (Å²) in [6, 6.07) is 15.2. The third-order valence-electron chi connectivity index (χ3n) is 5.99. The van der Waals surface area contributed by atoms with Gasteiger partial charge in [-0.3, -0.25) is 10.1 Å². The van der Waals surface area contributed by atoms with E-state index < -0.39 is 0 Å². The molecule has 1 fully saturated rings. The quantitative estimate of drug-likeness (QED) is 0.516. The fraction of sp³-hybridized carbons (Fsp3) is 0.440. The molecule has 1 aliphatic rings. The lowest BCUT2D eigenvalue weighted by molar-refractivity contribution is 0.0679. The van der Waals surface area contributed by atoms with Crippen molar-refractivity contribution in [1.82, 2.24) is 14.5 Å². The van der Waals surface area contributed by atoms with Crippen LogP contribution in [0, 0.1) is 0 Å². The summed E-state index contributed by atoms with van der Waals surface area (Å²) < 4.78 is 13.5. The SMILES string of the molecule is CCN(CC)CCn1c(NC(=O)c2ccc(OC[C@H]3CCCO3)cc2)nc2ccccc21. The number of hydrogen-bond donors (Lipinski definition) is 1. The van der Waals surface area contributed by atoms with Crippen LogP contribution in [-0.4, -0.2) is 59.3 Å². The number of rotatable bonds is 10. The van der Waals surface area contributed by atoms with E-state index in [1.807, 2.05) is 36.4 Å². The van der Waals surface area contributed by atoms with E-state index in [4.69, 9.17) is 9.47 Å². The number of para-hydroxylation sites is 2. The molecule has 170 valence electrons. The van der Waals surface area contributed by atoms with E-state index in [0.29, 0.717) is 18.1 Å². The van der Waals surface area contributed by atoms with Crippen molar-refractivity contribution in [3.05, 3.63) is 54.1 Å². The Morgan fingerprint density at radius 1 is 1.19 bits per heavy atom. The summed E-state index contributed by atoms with van der Waals surface area (Å²) in [7, 11) is 0. The van der Waals surface area contributed by atoms with Gasteiger partial charge in [0.05, 0.1) is 17.1 Å². The van der Waals surface area contributed by atoms with Crippen LogP contribution in [0.5, 0.6) is 5.75 Å². The number of carbonyl (C=O) groups is 1. The predicted molar refractivity (Wildman–Crippen MR) is 126 cm³/mol. The molecule has 2 aromatic carbocycles. The smallest absolute Gasteiger partial charge is 0.257 e. The number of ether oxygens (including phenoxy) is 2. The molecule has 4 rings (SSSR count). The van der Waals surface area contributed by atoms with Gasteiger partial charge in [0, 0.05) is 25.3 Å².